The molecule has 0 spiro atoms. The molecule has 16 rings (SSSR count). The minimum atomic E-state index is -0.509. The SMILES string of the molecule is C=CC(=O)Cl.C=CC(=O)Nc1ccc2c(N3CC[C@@H](Cc4ncc(Cl)c(OCC)n4)C3)ncnc2c1.CCOc1nc(C[C@@H]2CCN(c3ncnc4cc(N)ccc34)C2)ncc1Cl.CCOc1nc(C[C@@H]2CCN(c3ncnc4cc([N+](=O)[O-])ccc34)C2)ncc1Cl.CCOc1nc(C[C@@H]2CCNC2)ncc1Cl.Cl.O=[N+]([O-])c1ccc2c(Cl)ncnc2c1. The summed E-state index contributed by atoms with van der Waals surface area (Å²) >= 11 is 34.6. The fraction of sp³-hybridized carbons (Fsp3) is 0.341. The molecule has 0 unspecified atom stereocenters. The van der Waals surface area contributed by atoms with Crippen molar-refractivity contribution < 1.29 is 38.4 Å². The molecule has 0 saturated carbocycles. The fourth-order valence-electron chi connectivity index (χ4n) is 13.8. The van der Waals surface area contributed by atoms with Crippen LogP contribution >= 0.6 is 82.0 Å². The Labute approximate surface area is 743 Å². The molecule has 4 aromatic carbocycles. The number of non-ortho nitro benzene ring substituents is 2. The average Bonchev–Trinajstić information content (AvgIpc) is 1.78. The van der Waals surface area contributed by atoms with Crippen molar-refractivity contribution in [3.8, 4) is 23.5 Å². The molecule has 0 aliphatic carbocycles. The monoisotopic (exact) mass is 1810 g/mol. The van der Waals surface area contributed by atoms with Gasteiger partial charge < -0.3 is 50.0 Å². The summed E-state index contributed by atoms with van der Waals surface area (Å²) in [6.45, 7) is 23.6. The van der Waals surface area contributed by atoms with E-state index in [0.29, 0.717) is 139 Å². The van der Waals surface area contributed by atoms with Gasteiger partial charge in [-0.2, -0.15) is 19.9 Å². The summed E-state index contributed by atoms with van der Waals surface area (Å²) in [7, 11) is 0. The van der Waals surface area contributed by atoms with Gasteiger partial charge in [-0.3, -0.25) is 29.8 Å². The Balaban J connectivity index is 0.000000162. The first kappa shape index (κ1) is 93.6. The number of hydrogen-bond donors (Lipinski definition) is 3. The van der Waals surface area contributed by atoms with E-state index in [0.717, 1.165) is 159 Å². The van der Waals surface area contributed by atoms with Crippen LogP contribution in [0.25, 0.3) is 43.6 Å². The maximum atomic E-state index is 11.6. The minimum absolute atomic E-state index is 0. The van der Waals surface area contributed by atoms with E-state index in [2.05, 4.69) is 118 Å². The molecule has 1 amide bonds. The molecule has 644 valence electrons. The highest BCUT2D eigenvalue weighted by atomic mass is 35.5. The summed E-state index contributed by atoms with van der Waals surface area (Å²) < 4.78 is 21.7. The van der Waals surface area contributed by atoms with E-state index in [1.807, 2.05) is 64.1 Å². The van der Waals surface area contributed by atoms with Crippen molar-refractivity contribution in [3.63, 3.8) is 0 Å². The zero-order chi connectivity index (χ0) is 86.8. The lowest BCUT2D eigenvalue weighted by atomic mass is 10.0. The second kappa shape index (κ2) is 46.0. The van der Waals surface area contributed by atoms with Gasteiger partial charge >= 0.3 is 0 Å². The Morgan fingerprint density at radius 3 is 1.20 bits per heavy atom. The van der Waals surface area contributed by atoms with Gasteiger partial charge in [0.1, 0.15) is 91.3 Å². The number of halogens is 7. The third kappa shape index (κ3) is 26.2. The van der Waals surface area contributed by atoms with E-state index in [4.69, 9.17) is 94.3 Å². The summed E-state index contributed by atoms with van der Waals surface area (Å²) in [4.78, 5) is 117. The number of nitrogens with two attached hydrogens (primary N) is 1. The molecule has 12 heterocycles. The molecule has 4 saturated heterocycles. The van der Waals surface area contributed by atoms with Gasteiger partial charge in [-0.25, -0.2) is 59.8 Å². The van der Waals surface area contributed by atoms with Gasteiger partial charge in [0.2, 0.25) is 34.7 Å². The maximum Gasteiger partial charge on any atom is 0.271 e. The van der Waals surface area contributed by atoms with Crippen molar-refractivity contribution in [1.29, 1.82) is 0 Å². The Kier molecular flexibility index (Phi) is 35.0. The van der Waals surface area contributed by atoms with Crippen LogP contribution < -0.4 is 50.0 Å². The molecule has 4 aliphatic heterocycles. The topological polar surface area (TPSA) is 423 Å². The van der Waals surface area contributed by atoms with Crippen molar-refractivity contribution in [2.75, 3.05) is 105 Å². The first-order chi connectivity index (χ1) is 59.0. The van der Waals surface area contributed by atoms with Crippen molar-refractivity contribution in [3.05, 3.63) is 217 Å². The van der Waals surface area contributed by atoms with Crippen LogP contribution in [0.15, 0.2) is 148 Å². The van der Waals surface area contributed by atoms with Gasteiger partial charge in [0.15, 0.2) is 0 Å². The number of amides is 1. The normalized spacial score (nSPS) is 15.6. The summed E-state index contributed by atoms with van der Waals surface area (Å²) in [6.07, 6.45) is 21.9. The van der Waals surface area contributed by atoms with Gasteiger partial charge in [0.25, 0.3) is 11.4 Å². The lowest BCUT2D eigenvalue weighted by molar-refractivity contribution is -0.384. The molecule has 4 N–H and O–H groups in total. The van der Waals surface area contributed by atoms with Crippen LogP contribution in [0.1, 0.15) is 76.7 Å². The van der Waals surface area contributed by atoms with Crippen molar-refractivity contribution in [2.45, 2.75) is 79.1 Å². The number of nitrogens with one attached hydrogen (secondary N) is 2. The summed E-state index contributed by atoms with van der Waals surface area (Å²) in [5.74, 6) is 9.03. The van der Waals surface area contributed by atoms with Gasteiger partial charge in [-0.1, -0.05) is 71.2 Å². The largest absolute Gasteiger partial charge is 0.477 e. The van der Waals surface area contributed by atoms with Gasteiger partial charge in [-0.05, 0) is 162 Å². The van der Waals surface area contributed by atoms with Crippen LogP contribution in [0.4, 0.5) is 40.2 Å². The standard InChI is InChI=1S/C22H23ClN6O2.C19H19ClN6O3.C19H21ClN6O.C11H16ClN3O.C8H4ClN3O2.C3H3ClO.ClH/c1-3-20(30)27-15-5-6-16-18(10-15)25-13-26-21(16)29-8-7-14(12-29)9-19-24-11-17(23)22(28-19)31-4-2;1-2-29-19-15(20)9-21-17(24-19)7-12-5-6-25(10-12)18-14-4-3-13(26(27)28)8-16(14)22-11-23-18;1-2-27-19-15(20)9-22-17(25-19)7-12-5-6-26(10-12)18-14-4-3-13(21)8-16(14)23-11-24-18;1-2-16-11-9(12)7-14-10(15-11)5-8-3-4-13-6-8;9-8-6-2-1-5(12(13)14)3-7(6)10-4-11-8;1-2-3(4)5;/h3,5-6,10-11,13-14H,1,4,7-9,12H2,2H3,(H,27,30);3-4,8-9,11-12H,2,5-7,10H2,1H3;3-4,8-9,11-12H,2,5-7,10,21H2,1H3;7-8,13H,2-6H2,1H3;1-4H;2H,1H2;1H/t14-;2*12-;8-;;;/m0000.../s1. The summed E-state index contributed by atoms with van der Waals surface area (Å²) in [5, 5.41) is 32.5. The number of carbonyl (C=O) groups is 2. The molecule has 12 aromatic rings. The number of ether oxygens (including phenoxy) is 4. The van der Waals surface area contributed by atoms with Crippen molar-refractivity contribution >= 4 is 177 Å². The first-order valence-corrected chi connectivity index (χ1v) is 41.2. The molecule has 0 bridgehead atoms. The van der Waals surface area contributed by atoms with E-state index < -0.39 is 15.1 Å². The zero-order valence-electron chi connectivity index (χ0n) is 67.3. The van der Waals surface area contributed by atoms with Crippen LogP contribution in [0.5, 0.6) is 23.5 Å². The minimum Gasteiger partial charge on any atom is -0.477 e. The van der Waals surface area contributed by atoms with E-state index in [1.54, 1.807) is 43.5 Å². The number of allylic oxidation sites excluding steroid dienone is 1. The molecule has 4 atom stereocenters. The van der Waals surface area contributed by atoms with Gasteiger partial charge in [0.05, 0.1) is 83.1 Å². The third-order valence-electron chi connectivity index (χ3n) is 19.4. The molecule has 34 nitrogen and oxygen atoms in total. The van der Waals surface area contributed by atoms with Crippen LogP contribution in [-0.2, 0) is 35.3 Å². The number of anilines is 5. The predicted molar refractivity (Wildman–Crippen MR) is 478 cm³/mol. The molecule has 4 aliphatic rings. The van der Waals surface area contributed by atoms with E-state index in [1.165, 1.54) is 55.5 Å². The number of fused-ring (bicyclic) bond motifs is 4. The van der Waals surface area contributed by atoms with E-state index in [9.17, 15) is 29.8 Å². The summed E-state index contributed by atoms with van der Waals surface area (Å²) in [5.41, 5.74) is 9.94. The number of nitro benzene ring substituents is 2. The molecule has 8 aromatic heterocycles. The van der Waals surface area contributed by atoms with E-state index in [-0.39, 0.29) is 29.7 Å². The van der Waals surface area contributed by atoms with Crippen LogP contribution in [-0.4, -0.2) is 180 Å². The number of aromatic nitrogens is 16. The number of rotatable bonds is 24. The molecule has 0 radical (unpaired) electrons. The Hall–Kier alpha value is -11.6. The maximum absolute atomic E-state index is 11.6. The number of carbonyl (C=O) groups excluding carboxylic acids is 2. The number of hydrogen-bond acceptors (Lipinski definition) is 31. The molecular weight excluding hydrogens is 1730 g/mol. The third-order valence-corrected chi connectivity index (χ3v) is 20.9. The lowest BCUT2D eigenvalue weighted by Crippen LogP contribution is -2.22. The highest BCUT2D eigenvalue weighted by Crippen LogP contribution is 2.36. The number of benzene rings is 4. The highest BCUT2D eigenvalue weighted by Gasteiger charge is 2.31. The quantitative estimate of drug-likeness (QED) is 0.0126. The zero-order valence-corrected chi connectivity index (χ0v) is 72.6. The highest BCUT2D eigenvalue weighted by molar-refractivity contribution is 6.66. The van der Waals surface area contributed by atoms with Crippen LogP contribution in [0.3, 0.4) is 0 Å². The second-order valence-corrected chi connectivity index (χ2v) is 30.2. The first-order valence-electron chi connectivity index (χ1n) is 39.0. The van der Waals surface area contributed by atoms with Crippen LogP contribution in [0, 0.1) is 43.9 Å². The molecule has 123 heavy (non-hydrogen) atoms. The Morgan fingerprint density at radius 1 is 0.488 bits per heavy atom. The van der Waals surface area contributed by atoms with Crippen LogP contribution in [0.2, 0.25) is 25.2 Å². The lowest BCUT2D eigenvalue weighted by Gasteiger charge is -2.19. The van der Waals surface area contributed by atoms with Crippen molar-refractivity contribution in [1.82, 2.24) is 85.1 Å². The smallest absolute Gasteiger partial charge is 0.271 e. The molecule has 41 heteroatoms. The Bertz CT molecular complexity index is 5700. The molecular formula is C82H87Cl7N24O10. The fourth-order valence-corrected chi connectivity index (χ4v) is 14.6. The van der Waals surface area contributed by atoms with Gasteiger partial charge in [-0.15, -0.1) is 12.4 Å². The number of nitrogens with zero attached hydrogens (tertiary/aromatic N) is 21. The molecule has 4 fully saturated rings. The van der Waals surface area contributed by atoms with Gasteiger partial charge in [0, 0.05) is 122 Å². The second-order valence-electron chi connectivity index (χ2n) is 27.9. The van der Waals surface area contributed by atoms with E-state index >= 15 is 0 Å². The number of nitrogen functional groups attached to an aromatic ring is 1. The Morgan fingerprint density at radius 2 is 0.837 bits per heavy atom. The average molecular weight is 1820 g/mol. The number of nitro groups is 2. The predicted octanol–water partition coefficient (Wildman–Crippen LogP) is 15.5. The van der Waals surface area contributed by atoms with Crippen molar-refractivity contribution in [2.24, 2.45) is 23.7 Å². The summed E-state index contributed by atoms with van der Waals surface area (Å²) in [6, 6.07) is 20.3.